The third-order valence-corrected chi connectivity index (χ3v) is 2.75. The number of ether oxygens (including phenoxy) is 3. The van der Waals surface area contributed by atoms with Gasteiger partial charge in [0.15, 0.2) is 0 Å². The molecule has 0 aliphatic rings. The molecule has 1 aromatic carbocycles. The van der Waals surface area contributed by atoms with Gasteiger partial charge in [-0.2, -0.15) is 0 Å². The summed E-state index contributed by atoms with van der Waals surface area (Å²) in [6, 6.07) is 5.16. The van der Waals surface area contributed by atoms with Crippen LogP contribution in [-0.2, 0) is 14.2 Å². The molecule has 0 atom stereocenters. The Bertz CT molecular complexity index is 438. The average Bonchev–Trinajstić information content (AvgIpc) is 2.47. The average molecular weight is 296 g/mol. The van der Waals surface area contributed by atoms with Crippen molar-refractivity contribution in [1.82, 2.24) is 0 Å². The van der Waals surface area contributed by atoms with Crippen molar-refractivity contribution in [1.29, 1.82) is 0 Å². The van der Waals surface area contributed by atoms with E-state index >= 15 is 0 Å². The lowest BCUT2D eigenvalue weighted by Gasteiger charge is -2.12. The van der Waals surface area contributed by atoms with Crippen molar-refractivity contribution in [2.75, 3.05) is 51.1 Å². The van der Waals surface area contributed by atoms with Crippen molar-refractivity contribution in [2.45, 2.75) is 13.3 Å². The fraction of sp³-hybridized carbons (Fsp3) is 0.533. The van der Waals surface area contributed by atoms with Gasteiger partial charge in [0.05, 0.1) is 25.4 Å². The predicted octanol–water partition coefficient (Wildman–Crippen LogP) is 1.91. The molecule has 0 spiro atoms. The van der Waals surface area contributed by atoms with Gasteiger partial charge in [0.2, 0.25) is 0 Å². The molecule has 0 amide bonds. The second-order valence-corrected chi connectivity index (χ2v) is 4.41. The summed E-state index contributed by atoms with van der Waals surface area (Å²) in [7, 11) is 1.64. The Morgan fingerprint density at radius 2 is 2.10 bits per heavy atom. The third kappa shape index (κ3) is 6.46. The molecule has 0 aliphatic heterocycles. The molecule has 6 heteroatoms. The summed E-state index contributed by atoms with van der Waals surface area (Å²) in [5.74, 6) is -0.372. The summed E-state index contributed by atoms with van der Waals surface area (Å²) in [6.45, 7) is 4.63. The molecular weight excluding hydrogens is 272 g/mol. The van der Waals surface area contributed by atoms with Gasteiger partial charge in [0.1, 0.15) is 0 Å². The van der Waals surface area contributed by atoms with Crippen LogP contribution >= 0.6 is 0 Å². The lowest BCUT2D eigenvalue weighted by Crippen LogP contribution is -2.13. The van der Waals surface area contributed by atoms with Crippen LogP contribution in [0.3, 0.4) is 0 Å². The first-order chi connectivity index (χ1) is 10.2. The second kappa shape index (κ2) is 10.0. The van der Waals surface area contributed by atoms with E-state index in [9.17, 15) is 4.79 Å². The minimum Gasteiger partial charge on any atom is -0.462 e. The molecule has 0 fully saturated rings. The number of benzene rings is 1. The number of nitrogen functional groups attached to an aromatic ring is 1. The SMILES string of the molecule is CCOC(=O)c1cc(N)ccc1NCCCOCCOC. The van der Waals surface area contributed by atoms with Crippen LogP contribution < -0.4 is 11.1 Å². The number of nitrogens with one attached hydrogen (secondary N) is 1. The molecule has 0 aliphatic carbocycles. The molecule has 21 heavy (non-hydrogen) atoms. The number of methoxy groups -OCH3 is 1. The number of esters is 1. The molecule has 0 saturated carbocycles. The summed E-state index contributed by atoms with van der Waals surface area (Å²) < 4.78 is 15.3. The minimum atomic E-state index is -0.372. The highest BCUT2D eigenvalue weighted by atomic mass is 16.5. The van der Waals surface area contributed by atoms with Crippen molar-refractivity contribution in [2.24, 2.45) is 0 Å². The Morgan fingerprint density at radius 1 is 1.29 bits per heavy atom. The van der Waals surface area contributed by atoms with Crippen LogP contribution in [-0.4, -0.2) is 46.1 Å². The van der Waals surface area contributed by atoms with Gasteiger partial charge in [-0.15, -0.1) is 0 Å². The summed E-state index contributed by atoms with van der Waals surface area (Å²) in [6.07, 6.45) is 0.830. The molecule has 0 heterocycles. The van der Waals surface area contributed by atoms with Crippen LogP contribution in [0.1, 0.15) is 23.7 Å². The molecular formula is C15H24N2O4. The van der Waals surface area contributed by atoms with E-state index in [4.69, 9.17) is 19.9 Å². The fourth-order valence-corrected chi connectivity index (χ4v) is 1.74. The largest absolute Gasteiger partial charge is 0.462 e. The van der Waals surface area contributed by atoms with Gasteiger partial charge in [-0.3, -0.25) is 0 Å². The van der Waals surface area contributed by atoms with Gasteiger partial charge < -0.3 is 25.3 Å². The third-order valence-electron chi connectivity index (χ3n) is 2.75. The zero-order valence-corrected chi connectivity index (χ0v) is 12.7. The van der Waals surface area contributed by atoms with Gasteiger partial charge in [-0.05, 0) is 31.5 Å². The first kappa shape index (κ1) is 17.3. The summed E-state index contributed by atoms with van der Waals surface area (Å²) in [5.41, 5.74) is 7.43. The van der Waals surface area contributed by atoms with Crippen molar-refractivity contribution in [3.63, 3.8) is 0 Å². The zero-order chi connectivity index (χ0) is 15.5. The number of carbonyl (C=O) groups is 1. The maximum atomic E-state index is 11.9. The van der Waals surface area contributed by atoms with E-state index in [0.29, 0.717) is 44.2 Å². The van der Waals surface area contributed by atoms with E-state index in [1.807, 2.05) is 0 Å². The normalized spacial score (nSPS) is 10.4. The van der Waals surface area contributed by atoms with Gasteiger partial charge in [0, 0.05) is 31.6 Å². The first-order valence-electron chi connectivity index (χ1n) is 7.06. The van der Waals surface area contributed by atoms with Gasteiger partial charge in [0.25, 0.3) is 0 Å². The number of rotatable bonds is 10. The molecule has 118 valence electrons. The Hall–Kier alpha value is -1.79. The summed E-state index contributed by atoms with van der Waals surface area (Å²) >= 11 is 0. The minimum absolute atomic E-state index is 0.334. The highest BCUT2D eigenvalue weighted by molar-refractivity contribution is 5.96. The summed E-state index contributed by atoms with van der Waals surface area (Å²) in [4.78, 5) is 11.9. The molecule has 0 bridgehead atoms. The Kier molecular flexibility index (Phi) is 8.23. The number of hydrogen-bond acceptors (Lipinski definition) is 6. The highest BCUT2D eigenvalue weighted by Crippen LogP contribution is 2.20. The van der Waals surface area contributed by atoms with Gasteiger partial charge >= 0.3 is 5.97 Å². The van der Waals surface area contributed by atoms with Crippen molar-refractivity contribution < 1.29 is 19.0 Å². The smallest absolute Gasteiger partial charge is 0.340 e. The molecule has 1 rings (SSSR count). The van der Waals surface area contributed by atoms with Gasteiger partial charge in [-0.25, -0.2) is 4.79 Å². The number of nitrogens with two attached hydrogens (primary N) is 1. The quantitative estimate of drug-likeness (QED) is 0.390. The van der Waals surface area contributed by atoms with E-state index in [0.717, 1.165) is 12.1 Å². The standard InChI is InChI=1S/C15H24N2O4/c1-3-21-15(18)13-11-12(16)5-6-14(13)17-7-4-8-20-10-9-19-2/h5-6,11,17H,3-4,7-10,16H2,1-2H3. The van der Waals surface area contributed by atoms with Crippen LogP contribution in [0, 0.1) is 0 Å². The Labute approximate surface area is 125 Å². The molecule has 0 aromatic heterocycles. The molecule has 0 saturated heterocycles. The van der Waals surface area contributed by atoms with E-state index in [-0.39, 0.29) is 5.97 Å². The lowest BCUT2D eigenvalue weighted by atomic mass is 10.1. The molecule has 6 nitrogen and oxygen atoms in total. The lowest BCUT2D eigenvalue weighted by molar-refractivity contribution is 0.0527. The van der Waals surface area contributed by atoms with Crippen LogP contribution in [0.4, 0.5) is 11.4 Å². The van der Waals surface area contributed by atoms with Crippen LogP contribution in [0.15, 0.2) is 18.2 Å². The van der Waals surface area contributed by atoms with Gasteiger partial charge in [-0.1, -0.05) is 0 Å². The molecule has 3 N–H and O–H groups in total. The van der Waals surface area contributed by atoms with Crippen molar-refractivity contribution >= 4 is 17.3 Å². The maximum Gasteiger partial charge on any atom is 0.340 e. The predicted molar refractivity (Wildman–Crippen MR) is 82.6 cm³/mol. The monoisotopic (exact) mass is 296 g/mol. The van der Waals surface area contributed by atoms with Crippen LogP contribution in [0.5, 0.6) is 0 Å². The second-order valence-electron chi connectivity index (χ2n) is 4.41. The van der Waals surface area contributed by atoms with Crippen molar-refractivity contribution in [3.8, 4) is 0 Å². The molecule has 0 radical (unpaired) electrons. The maximum absolute atomic E-state index is 11.9. The molecule has 0 unspecified atom stereocenters. The summed E-state index contributed by atoms with van der Waals surface area (Å²) in [5, 5.41) is 3.20. The zero-order valence-electron chi connectivity index (χ0n) is 12.7. The Morgan fingerprint density at radius 3 is 2.81 bits per heavy atom. The topological polar surface area (TPSA) is 82.8 Å². The van der Waals surface area contributed by atoms with Crippen molar-refractivity contribution in [3.05, 3.63) is 23.8 Å². The number of anilines is 2. The Balaban J connectivity index is 2.45. The number of hydrogen-bond donors (Lipinski definition) is 2. The highest BCUT2D eigenvalue weighted by Gasteiger charge is 2.12. The van der Waals surface area contributed by atoms with Crippen LogP contribution in [0.2, 0.25) is 0 Å². The van der Waals surface area contributed by atoms with E-state index in [2.05, 4.69) is 5.32 Å². The van der Waals surface area contributed by atoms with E-state index < -0.39 is 0 Å². The molecule has 1 aromatic rings. The van der Waals surface area contributed by atoms with Crippen LogP contribution in [0.25, 0.3) is 0 Å². The van der Waals surface area contributed by atoms with E-state index in [1.54, 1.807) is 32.2 Å². The fourth-order valence-electron chi connectivity index (χ4n) is 1.74. The number of carbonyl (C=O) groups excluding carboxylic acids is 1. The van der Waals surface area contributed by atoms with E-state index in [1.165, 1.54) is 0 Å². The first-order valence-corrected chi connectivity index (χ1v) is 7.06.